The molecule has 1 aliphatic heterocycles. The van der Waals surface area contributed by atoms with E-state index in [0.29, 0.717) is 24.7 Å². The van der Waals surface area contributed by atoms with Crippen molar-refractivity contribution in [3.63, 3.8) is 0 Å². The zero-order valence-electron chi connectivity index (χ0n) is 13.4. The van der Waals surface area contributed by atoms with Crippen LogP contribution in [-0.4, -0.2) is 40.6 Å². The Balaban J connectivity index is 1.67. The predicted molar refractivity (Wildman–Crippen MR) is 87.4 cm³/mol. The summed E-state index contributed by atoms with van der Waals surface area (Å²) < 4.78 is 18.4. The molecule has 1 saturated heterocycles. The molecule has 1 aromatic heterocycles. The van der Waals surface area contributed by atoms with Crippen LogP contribution in [0.15, 0.2) is 36.7 Å². The Bertz CT molecular complexity index is 725. The molecule has 1 aromatic carbocycles. The number of aromatic nitrogens is 2. The molecule has 6 nitrogen and oxygen atoms in total. The Morgan fingerprint density at radius 3 is 3.08 bits per heavy atom. The van der Waals surface area contributed by atoms with E-state index in [1.54, 1.807) is 17.0 Å². The molecule has 0 saturated carbocycles. The average molecular weight is 330 g/mol. The zero-order chi connectivity index (χ0) is 16.9. The second-order valence-electron chi connectivity index (χ2n) is 5.70. The molecule has 1 atom stereocenters. The Hall–Kier alpha value is -2.70. The minimum atomic E-state index is -0.255. The first kappa shape index (κ1) is 16.2. The number of nitrogens with zero attached hydrogens (tertiary/aromatic N) is 3. The summed E-state index contributed by atoms with van der Waals surface area (Å²) in [6.45, 7) is 0.675. The van der Waals surface area contributed by atoms with Crippen LogP contribution < -0.4 is 10.1 Å². The summed E-state index contributed by atoms with van der Waals surface area (Å²) in [4.78, 5) is 22.2. The van der Waals surface area contributed by atoms with Gasteiger partial charge in [-0.15, -0.1) is 0 Å². The molecule has 2 amide bonds. The van der Waals surface area contributed by atoms with Gasteiger partial charge in [0, 0.05) is 18.7 Å². The quantitative estimate of drug-likeness (QED) is 0.936. The third kappa shape index (κ3) is 3.79. The van der Waals surface area contributed by atoms with Gasteiger partial charge in [0.05, 0.1) is 7.11 Å². The third-order valence-corrected chi connectivity index (χ3v) is 4.08. The van der Waals surface area contributed by atoms with Crippen LogP contribution in [0.2, 0.25) is 0 Å². The molecule has 1 fully saturated rings. The molecule has 7 heteroatoms. The molecule has 1 unspecified atom stereocenters. The van der Waals surface area contributed by atoms with Gasteiger partial charge in [0.1, 0.15) is 18.0 Å². The second-order valence-corrected chi connectivity index (χ2v) is 5.70. The van der Waals surface area contributed by atoms with Crippen LogP contribution in [0, 0.1) is 5.82 Å². The molecule has 1 N–H and O–H groups in total. The van der Waals surface area contributed by atoms with Gasteiger partial charge in [-0.2, -0.15) is 0 Å². The third-order valence-electron chi connectivity index (χ3n) is 4.08. The van der Waals surface area contributed by atoms with Crippen molar-refractivity contribution in [1.82, 2.24) is 14.9 Å². The number of anilines is 1. The van der Waals surface area contributed by atoms with Gasteiger partial charge in [-0.3, -0.25) is 5.32 Å². The number of methoxy groups -OCH3 is 1. The number of likely N-dealkylation sites (tertiary alicyclic amines) is 1. The lowest BCUT2D eigenvalue weighted by Crippen LogP contribution is -2.39. The van der Waals surface area contributed by atoms with Gasteiger partial charge in [0.25, 0.3) is 0 Å². The number of urea groups is 1. The number of carbonyl (C=O) groups is 1. The Kier molecular flexibility index (Phi) is 4.88. The fraction of sp³-hybridized carbons (Fsp3) is 0.353. The Labute approximate surface area is 139 Å². The molecule has 2 aromatic rings. The van der Waals surface area contributed by atoms with Crippen molar-refractivity contribution < 1.29 is 13.9 Å². The first-order valence-electron chi connectivity index (χ1n) is 7.84. The number of rotatable bonds is 4. The largest absolute Gasteiger partial charge is 0.481 e. The van der Waals surface area contributed by atoms with Crippen molar-refractivity contribution >= 4 is 11.8 Å². The number of halogens is 1. The van der Waals surface area contributed by atoms with E-state index in [4.69, 9.17) is 4.74 Å². The van der Waals surface area contributed by atoms with Crippen LogP contribution in [0.1, 0.15) is 18.4 Å². The molecule has 1 aliphatic rings. The summed E-state index contributed by atoms with van der Waals surface area (Å²) in [5.41, 5.74) is 0.892. The van der Waals surface area contributed by atoms with Gasteiger partial charge in [-0.05, 0) is 37.0 Å². The maximum absolute atomic E-state index is 13.3. The fourth-order valence-electron chi connectivity index (χ4n) is 2.95. The van der Waals surface area contributed by atoms with Crippen molar-refractivity contribution in [3.8, 4) is 5.88 Å². The van der Waals surface area contributed by atoms with Crippen LogP contribution in [-0.2, 0) is 6.42 Å². The van der Waals surface area contributed by atoms with E-state index in [9.17, 15) is 9.18 Å². The van der Waals surface area contributed by atoms with Gasteiger partial charge in [0.15, 0.2) is 0 Å². The number of hydrogen-bond acceptors (Lipinski definition) is 4. The number of ether oxygens (including phenoxy) is 1. The first-order chi connectivity index (χ1) is 11.7. The number of carbonyl (C=O) groups excluding carboxylic acids is 1. The summed E-state index contributed by atoms with van der Waals surface area (Å²) in [5.74, 6) is 0.524. The van der Waals surface area contributed by atoms with Gasteiger partial charge in [-0.1, -0.05) is 12.1 Å². The Morgan fingerprint density at radius 1 is 1.42 bits per heavy atom. The van der Waals surface area contributed by atoms with Crippen molar-refractivity contribution in [2.24, 2.45) is 0 Å². The van der Waals surface area contributed by atoms with Gasteiger partial charge in [0.2, 0.25) is 5.88 Å². The minimum Gasteiger partial charge on any atom is -0.481 e. The van der Waals surface area contributed by atoms with Crippen molar-refractivity contribution in [1.29, 1.82) is 0 Å². The highest BCUT2D eigenvalue weighted by atomic mass is 19.1. The van der Waals surface area contributed by atoms with Gasteiger partial charge in [-0.25, -0.2) is 19.2 Å². The number of hydrogen-bond donors (Lipinski definition) is 1. The molecule has 126 valence electrons. The molecular formula is C17H19FN4O2. The lowest BCUT2D eigenvalue weighted by molar-refractivity contribution is 0.206. The normalized spacial score (nSPS) is 16.9. The van der Waals surface area contributed by atoms with Crippen LogP contribution in [0.25, 0.3) is 0 Å². The first-order valence-corrected chi connectivity index (χ1v) is 7.84. The van der Waals surface area contributed by atoms with Crippen molar-refractivity contribution in [2.75, 3.05) is 19.0 Å². The van der Waals surface area contributed by atoms with Gasteiger partial charge < -0.3 is 9.64 Å². The minimum absolute atomic E-state index is 0.0514. The van der Waals surface area contributed by atoms with E-state index in [0.717, 1.165) is 18.4 Å². The molecule has 0 radical (unpaired) electrons. The second kappa shape index (κ2) is 7.25. The van der Waals surface area contributed by atoms with Crippen LogP contribution in [0.5, 0.6) is 5.88 Å². The molecule has 2 heterocycles. The summed E-state index contributed by atoms with van der Waals surface area (Å²) >= 11 is 0. The monoisotopic (exact) mass is 330 g/mol. The molecule has 0 spiro atoms. The SMILES string of the molecule is COc1cc(NC(=O)N2CCCC2Cc2cccc(F)c2)ncn1. The number of benzene rings is 1. The fourth-order valence-corrected chi connectivity index (χ4v) is 2.95. The Morgan fingerprint density at radius 2 is 2.29 bits per heavy atom. The molecule has 0 bridgehead atoms. The van der Waals surface area contributed by atoms with E-state index in [2.05, 4.69) is 15.3 Å². The van der Waals surface area contributed by atoms with Crippen molar-refractivity contribution in [2.45, 2.75) is 25.3 Å². The maximum atomic E-state index is 13.3. The maximum Gasteiger partial charge on any atom is 0.323 e. The topological polar surface area (TPSA) is 67.3 Å². The number of amides is 2. The van der Waals surface area contributed by atoms with Crippen LogP contribution in [0.4, 0.5) is 15.0 Å². The highest BCUT2D eigenvalue weighted by molar-refractivity contribution is 5.88. The summed E-state index contributed by atoms with van der Waals surface area (Å²) in [6.07, 6.45) is 3.80. The van der Waals surface area contributed by atoms with E-state index >= 15 is 0 Å². The van der Waals surface area contributed by atoms with E-state index in [1.807, 2.05) is 6.07 Å². The van der Waals surface area contributed by atoms with E-state index in [-0.39, 0.29) is 17.9 Å². The standard InChI is InChI=1S/C17H19FN4O2/c1-24-16-10-15(19-11-20-16)21-17(23)22-7-3-6-14(22)9-12-4-2-5-13(18)8-12/h2,4-5,8,10-11,14H,3,6-7,9H2,1H3,(H,19,20,21,23). The zero-order valence-corrected chi connectivity index (χ0v) is 13.4. The summed E-state index contributed by atoms with van der Waals surface area (Å²) in [6, 6.07) is 7.92. The lowest BCUT2D eigenvalue weighted by atomic mass is 10.0. The molecule has 3 rings (SSSR count). The molecule has 0 aliphatic carbocycles. The van der Waals surface area contributed by atoms with Gasteiger partial charge >= 0.3 is 6.03 Å². The lowest BCUT2D eigenvalue weighted by Gasteiger charge is -2.25. The van der Waals surface area contributed by atoms with Crippen LogP contribution in [0.3, 0.4) is 0 Å². The highest BCUT2D eigenvalue weighted by Gasteiger charge is 2.29. The smallest absolute Gasteiger partial charge is 0.323 e. The van der Waals surface area contributed by atoms with Crippen LogP contribution >= 0.6 is 0 Å². The molecular weight excluding hydrogens is 311 g/mol. The van der Waals surface area contributed by atoms with Crippen molar-refractivity contribution in [3.05, 3.63) is 48.0 Å². The average Bonchev–Trinajstić information content (AvgIpc) is 3.03. The van der Waals surface area contributed by atoms with E-state index < -0.39 is 0 Å². The predicted octanol–water partition coefficient (Wildman–Crippen LogP) is 2.86. The van der Waals surface area contributed by atoms with E-state index in [1.165, 1.54) is 25.6 Å². The highest BCUT2D eigenvalue weighted by Crippen LogP contribution is 2.23. The number of nitrogens with one attached hydrogen (secondary N) is 1. The summed E-state index contributed by atoms with van der Waals surface area (Å²) in [7, 11) is 1.50. The summed E-state index contributed by atoms with van der Waals surface area (Å²) in [5, 5.41) is 2.77. The molecule has 24 heavy (non-hydrogen) atoms.